The van der Waals surface area contributed by atoms with Crippen molar-refractivity contribution in [1.82, 2.24) is 0 Å². The minimum atomic E-state index is -0.243. The highest BCUT2D eigenvalue weighted by Crippen LogP contribution is 2.45. The van der Waals surface area contributed by atoms with Gasteiger partial charge in [0.1, 0.15) is 6.10 Å². The monoisotopic (exact) mass is 244 g/mol. The van der Waals surface area contributed by atoms with Crippen LogP contribution < -0.4 is 0 Å². The van der Waals surface area contributed by atoms with E-state index in [9.17, 15) is 9.59 Å². The maximum absolute atomic E-state index is 12.0. The predicted molar refractivity (Wildman–Crippen MR) is 66.8 cm³/mol. The Morgan fingerprint density at radius 3 is 2.61 bits per heavy atom. The van der Waals surface area contributed by atoms with E-state index in [0.717, 1.165) is 40.7 Å². The Morgan fingerprint density at radius 2 is 1.89 bits per heavy atom. The maximum Gasteiger partial charge on any atom is 0.334 e. The van der Waals surface area contributed by atoms with E-state index in [4.69, 9.17) is 4.74 Å². The van der Waals surface area contributed by atoms with Crippen molar-refractivity contribution >= 4 is 11.8 Å². The molecule has 0 aromatic heterocycles. The Kier molecular flexibility index (Phi) is 2.34. The number of hydrogen-bond donors (Lipinski definition) is 0. The fourth-order valence-electron chi connectivity index (χ4n) is 3.30. The van der Waals surface area contributed by atoms with Gasteiger partial charge >= 0.3 is 5.97 Å². The molecule has 1 heterocycles. The molecule has 0 radical (unpaired) electrons. The molecule has 2 atom stereocenters. The topological polar surface area (TPSA) is 43.4 Å². The van der Waals surface area contributed by atoms with Crippen molar-refractivity contribution in [2.45, 2.75) is 39.7 Å². The molecule has 0 saturated heterocycles. The quantitative estimate of drug-likeness (QED) is 0.615. The molecule has 0 bridgehead atoms. The average Bonchev–Trinajstić information content (AvgIpc) is 2.68. The summed E-state index contributed by atoms with van der Waals surface area (Å²) in [6.07, 6.45) is 3.12. The number of esters is 1. The summed E-state index contributed by atoms with van der Waals surface area (Å²) in [5, 5.41) is 0. The molecule has 3 nitrogen and oxygen atoms in total. The van der Waals surface area contributed by atoms with Crippen molar-refractivity contribution in [2.75, 3.05) is 0 Å². The lowest BCUT2D eigenvalue weighted by Crippen LogP contribution is -2.24. The molecular weight excluding hydrogens is 228 g/mol. The highest BCUT2D eigenvalue weighted by atomic mass is 16.5. The van der Waals surface area contributed by atoms with Crippen molar-refractivity contribution in [3.8, 4) is 0 Å². The minimum absolute atomic E-state index is 0.0450. The molecule has 0 N–H and O–H groups in total. The van der Waals surface area contributed by atoms with Gasteiger partial charge < -0.3 is 4.74 Å². The molecule has 0 saturated carbocycles. The van der Waals surface area contributed by atoms with Gasteiger partial charge in [0.05, 0.1) is 0 Å². The third-order valence-corrected chi connectivity index (χ3v) is 4.32. The summed E-state index contributed by atoms with van der Waals surface area (Å²) in [6, 6.07) is 0. The molecule has 3 rings (SSSR count). The van der Waals surface area contributed by atoms with Gasteiger partial charge in [0, 0.05) is 17.1 Å². The lowest BCUT2D eigenvalue weighted by atomic mass is 9.87. The van der Waals surface area contributed by atoms with Crippen molar-refractivity contribution in [1.29, 1.82) is 0 Å². The van der Waals surface area contributed by atoms with E-state index >= 15 is 0 Å². The second kappa shape index (κ2) is 3.67. The van der Waals surface area contributed by atoms with E-state index in [-0.39, 0.29) is 23.8 Å². The minimum Gasteiger partial charge on any atom is -0.453 e. The zero-order chi connectivity index (χ0) is 13.0. The van der Waals surface area contributed by atoms with Crippen LogP contribution in [-0.4, -0.2) is 17.9 Å². The van der Waals surface area contributed by atoms with Crippen LogP contribution in [0.4, 0.5) is 0 Å². The van der Waals surface area contributed by atoms with Gasteiger partial charge in [-0.2, -0.15) is 0 Å². The number of rotatable bonds is 0. The summed E-state index contributed by atoms with van der Waals surface area (Å²) in [5.74, 6) is -0.172. The normalized spacial score (nSPS) is 31.2. The molecule has 0 aromatic carbocycles. The molecule has 3 heteroatoms. The zero-order valence-electron chi connectivity index (χ0n) is 10.9. The third kappa shape index (κ3) is 1.36. The van der Waals surface area contributed by atoms with Gasteiger partial charge in [-0.15, -0.1) is 0 Å². The second-order valence-corrected chi connectivity index (χ2v) is 5.40. The average molecular weight is 244 g/mol. The molecule has 0 aromatic rings. The smallest absolute Gasteiger partial charge is 0.334 e. The van der Waals surface area contributed by atoms with Gasteiger partial charge in [0.2, 0.25) is 0 Å². The first-order valence-corrected chi connectivity index (χ1v) is 6.33. The standard InChI is InChI=1S/C15H16O3/c1-7-4-5-10-9(3)15(17)18-14(10)13-8(2)6-11(16)12(7)13/h6,13-14H,4-5H2,1-3H3. The molecule has 3 aliphatic rings. The molecule has 0 amide bonds. The Morgan fingerprint density at radius 1 is 1.17 bits per heavy atom. The van der Waals surface area contributed by atoms with E-state index in [1.54, 1.807) is 6.08 Å². The zero-order valence-corrected chi connectivity index (χ0v) is 10.9. The van der Waals surface area contributed by atoms with Gasteiger partial charge in [-0.25, -0.2) is 4.79 Å². The van der Waals surface area contributed by atoms with Gasteiger partial charge in [-0.1, -0.05) is 11.1 Å². The number of carbonyl (C=O) groups excluding carboxylic acids is 2. The predicted octanol–water partition coefficient (Wildman–Crippen LogP) is 2.48. The first-order chi connectivity index (χ1) is 8.50. The third-order valence-electron chi connectivity index (χ3n) is 4.32. The van der Waals surface area contributed by atoms with Gasteiger partial charge in [0.15, 0.2) is 5.78 Å². The van der Waals surface area contributed by atoms with E-state index in [2.05, 4.69) is 0 Å². The summed E-state index contributed by atoms with van der Waals surface area (Å²) >= 11 is 0. The van der Waals surface area contributed by atoms with Crippen LogP contribution >= 0.6 is 0 Å². The fourth-order valence-corrected chi connectivity index (χ4v) is 3.30. The number of allylic oxidation sites excluding steroid dienone is 2. The van der Waals surface area contributed by atoms with Gasteiger partial charge in [-0.3, -0.25) is 4.79 Å². The molecule has 0 spiro atoms. The number of ether oxygens (including phenoxy) is 1. The SMILES string of the molecule is CC1=CC(=O)C2=C(C)CCC3=C(C)C(=O)OC3C12. The Hall–Kier alpha value is -1.64. The summed E-state index contributed by atoms with van der Waals surface area (Å²) in [6.45, 7) is 5.80. The van der Waals surface area contributed by atoms with Gasteiger partial charge in [0.25, 0.3) is 0 Å². The summed E-state index contributed by atoms with van der Waals surface area (Å²) in [4.78, 5) is 23.8. The summed E-state index contributed by atoms with van der Waals surface area (Å²) in [7, 11) is 0. The lowest BCUT2D eigenvalue weighted by Gasteiger charge is -2.21. The molecule has 94 valence electrons. The Balaban J connectivity index is 2.14. The lowest BCUT2D eigenvalue weighted by molar-refractivity contribution is -0.140. The van der Waals surface area contributed by atoms with E-state index < -0.39 is 0 Å². The van der Waals surface area contributed by atoms with Crippen LogP contribution in [0.15, 0.2) is 33.9 Å². The Bertz CT molecular complexity index is 560. The molecule has 2 aliphatic carbocycles. The number of ketones is 1. The molecule has 18 heavy (non-hydrogen) atoms. The number of hydrogen-bond acceptors (Lipinski definition) is 3. The Labute approximate surface area is 106 Å². The van der Waals surface area contributed by atoms with Crippen LogP contribution in [0.2, 0.25) is 0 Å². The highest BCUT2D eigenvalue weighted by molar-refractivity contribution is 6.09. The summed E-state index contributed by atoms with van der Waals surface area (Å²) < 4.78 is 5.50. The number of fused-ring (bicyclic) bond motifs is 3. The highest BCUT2D eigenvalue weighted by Gasteiger charge is 2.45. The van der Waals surface area contributed by atoms with Crippen LogP contribution in [0.25, 0.3) is 0 Å². The summed E-state index contributed by atoms with van der Waals surface area (Å²) in [5.41, 5.74) is 4.84. The largest absolute Gasteiger partial charge is 0.453 e. The van der Waals surface area contributed by atoms with Crippen LogP contribution in [0.3, 0.4) is 0 Å². The molecular formula is C15H16O3. The maximum atomic E-state index is 12.0. The van der Waals surface area contributed by atoms with E-state index in [1.165, 1.54) is 0 Å². The first-order valence-electron chi connectivity index (χ1n) is 6.33. The first kappa shape index (κ1) is 11.5. The van der Waals surface area contributed by atoms with Crippen molar-refractivity contribution in [3.63, 3.8) is 0 Å². The van der Waals surface area contributed by atoms with Crippen LogP contribution in [0, 0.1) is 5.92 Å². The fraction of sp³-hybridized carbons (Fsp3) is 0.467. The number of carbonyl (C=O) groups is 2. The van der Waals surface area contributed by atoms with Crippen molar-refractivity contribution in [3.05, 3.63) is 33.9 Å². The molecule has 0 fully saturated rings. The van der Waals surface area contributed by atoms with Crippen molar-refractivity contribution < 1.29 is 14.3 Å². The van der Waals surface area contributed by atoms with Crippen LogP contribution in [0.1, 0.15) is 33.6 Å². The second-order valence-electron chi connectivity index (χ2n) is 5.40. The van der Waals surface area contributed by atoms with E-state index in [1.807, 2.05) is 20.8 Å². The van der Waals surface area contributed by atoms with Crippen molar-refractivity contribution in [2.24, 2.45) is 5.92 Å². The molecule has 2 unspecified atom stereocenters. The van der Waals surface area contributed by atoms with Gasteiger partial charge in [-0.05, 0) is 45.3 Å². The van der Waals surface area contributed by atoms with Crippen LogP contribution in [-0.2, 0) is 14.3 Å². The van der Waals surface area contributed by atoms with Crippen LogP contribution in [0.5, 0.6) is 0 Å². The van der Waals surface area contributed by atoms with E-state index in [0.29, 0.717) is 0 Å². The molecule has 1 aliphatic heterocycles.